The summed E-state index contributed by atoms with van der Waals surface area (Å²) >= 11 is 6.00. The Balaban J connectivity index is 1.65. The molecule has 0 saturated heterocycles. The zero-order valence-corrected chi connectivity index (χ0v) is 17.9. The molecule has 1 aliphatic rings. The minimum Gasteiger partial charge on any atom is -0.497 e. The van der Waals surface area contributed by atoms with E-state index in [9.17, 15) is 9.18 Å². The van der Waals surface area contributed by atoms with Gasteiger partial charge in [-0.25, -0.2) is 9.18 Å². The van der Waals surface area contributed by atoms with Gasteiger partial charge in [-0.2, -0.15) is 0 Å². The maximum atomic E-state index is 13.7. The van der Waals surface area contributed by atoms with Gasteiger partial charge in [0.05, 0.1) is 18.7 Å². The molecule has 2 amide bonds. The minimum atomic E-state index is -0.546. The number of benzene rings is 2. The van der Waals surface area contributed by atoms with Crippen molar-refractivity contribution in [2.24, 2.45) is 0 Å². The highest BCUT2D eigenvalue weighted by Gasteiger charge is 2.23. The molecule has 0 bridgehead atoms. The number of rotatable bonds is 5. The molecule has 2 heterocycles. The van der Waals surface area contributed by atoms with E-state index in [-0.39, 0.29) is 11.6 Å². The lowest BCUT2D eigenvalue weighted by molar-refractivity contribution is 0.256. The van der Waals surface area contributed by atoms with E-state index < -0.39 is 11.8 Å². The number of aryl methyl sites for hydroxylation is 1. The number of hydrogen-bond donors (Lipinski definition) is 1. The van der Waals surface area contributed by atoms with Gasteiger partial charge < -0.3 is 14.6 Å². The number of nitrogens with one attached hydrogen (secondary N) is 1. The fraction of sp³-hybridized carbons (Fsp3) is 0.318. The molecule has 31 heavy (non-hydrogen) atoms. The number of carbonyl (C=O) groups excluding carboxylic acids is 1. The third-order valence-electron chi connectivity index (χ3n) is 5.27. The van der Waals surface area contributed by atoms with Crippen LogP contribution in [0.5, 0.6) is 5.75 Å². The fourth-order valence-corrected chi connectivity index (χ4v) is 3.80. The highest BCUT2D eigenvalue weighted by Crippen LogP contribution is 2.26. The van der Waals surface area contributed by atoms with Crippen molar-refractivity contribution in [1.82, 2.24) is 14.8 Å². The largest absolute Gasteiger partial charge is 0.497 e. The van der Waals surface area contributed by atoms with E-state index in [0.29, 0.717) is 22.9 Å². The normalized spacial score (nSPS) is 13.3. The third-order valence-corrected chi connectivity index (χ3v) is 5.56. The topological polar surface area (TPSA) is 72.3 Å². The van der Waals surface area contributed by atoms with E-state index in [0.717, 1.165) is 38.1 Å². The Morgan fingerprint density at radius 2 is 2.10 bits per heavy atom. The zero-order chi connectivity index (χ0) is 21.8. The van der Waals surface area contributed by atoms with Gasteiger partial charge in [-0.05, 0) is 43.2 Å². The summed E-state index contributed by atoms with van der Waals surface area (Å²) in [7, 11) is 1.56. The van der Waals surface area contributed by atoms with Gasteiger partial charge >= 0.3 is 6.03 Å². The van der Waals surface area contributed by atoms with Crippen LogP contribution in [0.4, 0.5) is 20.6 Å². The Morgan fingerprint density at radius 1 is 1.23 bits per heavy atom. The van der Waals surface area contributed by atoms with Crippen LogP contribution in [-0.4, -0.2) is 27.9 Å². The van der Waals surface area contributed by atoms with Gasteiger partial charge in [-0.1, -0.05) is 24.1 Å². The molecule has 0 radical (unpaired) electrons. The zero-order valence-electron chi connectivity index (χ0n) is 17.1. The van der Waals surface area contributed by atoms with Crippen LogP contribution in [-0.2, 0) is 19.5 Å². The average molecular weight is 444 g/mol. The maximum absolute atomic E-state index is 13.7. The lowest BCUT2D eigenvalue weighted by Crippen LogP contribution is -2.35. The van der Waals surface area contributed by atoms with E-state index in [1.54, 1.807) is 31.4 Å². The molecule has 4 rings (SSSR count). The van der Waals surface area contributed by atoms with Crippen molar-refractivity contribution in [2.75, 3.05) is 17.3 Å². The minimum absolute atomic E-state index is 0.0586. The molecule has 1 aromatic heterocycles. The van der Waals surface area contributed by atoms with Crippen molar-refractivity contribution in [3.8, 4) is 5.75 Å². The quantitative estimate of drug-likeness (QED) is 0.599. The lowest BCUT2D eigenvalue weighted by Gasteiger charge is -2.23. The number of urea groups is 1. The van der Waals surface area contributed by atoms with E-state index in [1.165, 1.54) is 23.1 Å². The smallest absolute Gasteiger partial charge is 0.326 e. The standard InChI is InChI=1S/C22H23ClFN5O2/c1-31-17-7-5-6-15(12-17)25-22(30)29(16-9-10-19(24)18(23)13-16)14-21-27-26-20-8-3-2-4-11-28(20)21/h5-7,9-10,12-13H,2-4,8,11,14H2,1H3,(H,25,30). The van der Waals surface area contributed by atoms with Crippen molar-refractivity contribution in [3.05, 3.63) is 65.0 Å². The van der Waals surface area contributed by atoms with Crippen molar-refractivity contribution in [3.63, 3.8) is 0 Å². The Hall–Kier alpha value is -3.13. The van der Waals surface area contributed by atoms with E-state index in [4.69, 9.17) is 16.3 Å². The van der Waals surface area contributed by atoms with Gasteiger partial charge in [0.1, 0.15) is 17.4 Å². The molecule has 9 heteroatoms. The summed E-state index contributed by atoms with van der Waals surface area (Å²) in [6, 6.07) is 10.9. The second-order valence-corrected chi connectivity index (χ2v) is 7.75. The predicted octanol–water partition coefficient (Wildman–Crippen LogP) is 5.04. The number of carbonyl (C=O) groups is 1. The molecule has 0 aliphatic carbocycles. The number of fused-ring (bicyclic) bond motifs is 1. The summed E-state index contributed by atoms with van der Waals surface area (Å²) in [4.78, 5) is 14.7. The molecule has 0 spiro atoms. The van der Waals surface area contributed by atoms with Crippen LogP contribution in [0.25, 0.3) is 0 Å². The number of aromatic nitrogens is 3. The van der Waals surface area contributed by atoms with Gasteiger partial charge in [-0.15, -0.1) is 10.2 Å². The van der Waals surface area contributed by atoms with Crippen LogP contribution in [0.15, 0.2) is 42.5 Å². The first kappa shape index (κ1) is 21.1. The van der Waals surface area contributed by atoms with Crippen LogP contribution in [0.3, 0.4) is 0 Å². The molecular formula is C22H23ClFN5O2. The first-order valence-corrected chi connectivity index (χ1v) is 10.5. The number of methoxy groups -OCH3 is 1. The number of halogens is 2. The van der Waals surface area contributed by atoms with Crippen LogP contribution >= 0.6 is 11.6 Å². The number of amides is 2. The van der Waals surface area contributed by atoms with Crippen LogP contribution in [0, 0.1) is 5.82 Å². The monoisotopic (exact) mass is 443 g/mol. The van der Waals surface area contributed by atoms with E-state index >= 15 is 0 Å². The molecular weight excluding hydrogens is 421 g/mol. The SMILES string of the molecule is COc1cccc(NC(=O)N(Cc2nnc3n2CCCCC3)c2ccc(F)c(Cl)c2)c1. The molecule has 2 aromatic carbocycles. The molecule has 0 unspecified atom stereocenters. The van der Waals surface area contributed by atoms with Crippen molar-refractivity contribution in [1.29, 1.82) is 0 Å². The summed E-state index contributed by atoms with van der Waals surface area (Å²) in [5.41, 5.74) is 1.03. The number of ether oxygens (including phenoxy) is 1. The predicted molar refractivity (Wildman–Crippen MR) is 117 cm³/mol. The number of anilines is 2. The summed E-state index contributed by atoms with van der Waals surface area (Å²) < 4.78 is 21.0. The summed E-state index contributed by atoms with van der Waals surface area (Å²) in [5.74, 6) is 1.68. The average Bonchev–Trinajstić information content (AvgIpc) is 2.99. The fourth-order valence-electron chi connectivity index (χ4n) is 3.63. The Morgan fingerprint density at radius 3 is 2.90 bits per heavy atom. The van der Waals surface area contributed by atoms with Crippen molar-refractivity contribution in [2.45, 2.75) is 38.8 Å². The van der Waals surface area contributed by atoms with Crippen LogP contribution in [0.2, 0.25) is 5.02 Å². The molecule has 7 nitrogen and oxygen atoms in total. The summed E-state index contributed by atoms with van der Waals surface area (Å²) in [6.45, 7) is 0.984. The Kier molecular flexibility index (Phi) is 6.36. The molecule has 1 N–H and O–H groups in total. The van der Waals surface area contributed by atoms with Gasteiger partial charge in [0.15, 0.2) is 5.82 Å². The van der Waals surface area contributed by atoms with E-state index in [2.05, 4.69) is 20.1 Å². The molecule has 1 aliphatic heterocycles. The third kappa shape index (κ3) is 4.80. The van der Waals surface area contributed by atoms with Crippen LogP contribution in [0.1, 0.15) is 30.9 Å². The van der Waals surface area contributed by atoms with Gasteiger partial charge in [0, 0.05) is 30.4 Å². The Bertz CT molecular complexity index is 1090. The first-order valence-electron chi connectivity index (χ1n) is 10.1. The highest BCUT2D eigenvalue weighted by molar-refractivity contribution is 6.31. The van der Waals surface area contributed by atoms with Gasteiger partial charge in [-0.3, -0.25) is 4.90 Å². The van der Waals surface area contributed by atoms with Crippen molar-refractivity contribution < 1.29 is 13.9 Å². The summed E-state index contributed by atoms with van der Waals surface area (Å²) in [5, 5.41) is 11.4. The van der Waals surface area contributed by atoms with Crippen molar-refractivity contribution >= 4 is 29.0 Å². The molecule has 0 fully saturated rings. The molecule has 162 valence electrons. The first-order chi connectivity index (χ1) is 15.0. The molecule has 3 aromatic rings. The highest BCUT2D eigenvalue weighted by atomic mass is 35.5. The number of hydrogen-bond acceptors (Lipinski definition) is 4. The van der Waals surface area contributed by atoms with E-state index in [1.807, 2.05) is 0 Å². The second kappa shape index (κ2) is 9.34. The molecule has 0 saturated carbocycles. The Labute approximate surface area is 184 Å². The van der Waals surface area contributed by atoms with Gasteiger partial charge in [0.25, 0.3) is 0 Å². The van der Waals surface area contributed by atoms with Gasteiger partial charge in [0.2, 0.25) is 0 Å². The van der Waals surface area contributed by atoms with Crippen LogP contribution < -0.4 is 15.0 Å². The number of nitrogens with zero attached hydrogens (tertiary/aromatic N) is 4. The second-order valence-electron chi connectivity index (χ2n) is 7.34. The lowest BCUT2D eigenvalue weighted by atomic mass is 10.2. The summed E-state index contributed by atoms with van der Waals surface area (Å²) in [6.07, 6.45) is 4.12. The molecule has 0 atom stereocenters. The maximum Gasteiger partial charge on any atom is 0.326 e.